The molecule has 1 aromatic rings. The summed E-state index contributed by atoms with van der Waals surface area (Å²) in [6, 6.07) is 3.97. The van der Waals surface area contributed by atoms with Crippen molar-refractivity contribution in [2.45, 2.75) is 20.3 Å². The number of phenolic OH excluding ortho intramolecular Hbond substituents is 1. The summed E-state index contributed by atoms with van der Waals surface area (Å²) in [5, 5.41) is 9.55. The van der Waals surface area contributed by atoms with E-state index in [4.69, 9.17) is 0 Å². The number of phenols is 1. The van der Waals surface area contributed by atoms with Crippen LogP contribution in [0, 0.1) is 6.92 Å². The third-order valence-corrected chi connectivity index (χ3v) is 2.02. The smallest absolute Gasteiger partial charge is 0.125 e. The minimum Gasteiger partial charge on any atom is -0.507 e. The van der Waals surface area contributed by atoms with Gasteiger partial charge in [-0.2, -0.15) is 0 Å². The highest BCUT2D eigenvalue weighted by molar-refractivity contribution is 5.59. The summed E-state index contributed by atoms with van der Waals surface area (Å²) < 4.78 is 0. The molecular formula is C11H14O. The van der Waals surface area contributed by atoms with E-state index in [-0.39, 0.29) is 0 Å². The Bertz CT molecular complexity index is 300. The van der Waals surface area contributed by atoms with Crippen molar-refractivity contribution >= 4 is 6.08 Å². The molecule has 0 fully saturated rings. The Morgan fingerprint density at radius 1 is 1.50 bits per heavy atom. The molecule has 64 valence electrons. The standard InChI is InChI=1S/C11H14O/c1-4-9-6-8(3)11(12)10(5-2)7-9/h5-7,12H,2,4H2,1,3H3. The van der Waals surface area contributed by atoms with E-state index in [1.807, 2.05) is 19.1 Å². The maximum Gasteiger partial charge on any atom is 0.125 e. The van der Waals surface area contributed by atoms with Gasteiger partial charge < -0.3 is 5.11 Å². The van der Waals surface area contributed by atoms with Crippen LogP contribution in [-0.4, -0.2) is 5.11 Å². The minimum absolute atomic E-state index is 0.349. The molecule has 0 amide bonds. The van der Waals surface area contributed by atoms with Crippen molar-refractivity contribution < 1.29 is 5.11 Å². The van der Waals surface area contributed by atoms with Crippen LogP contribution in [0.2, 0.25) is 0 Å². The predicted octanol–water partition coefficient (Wildman–Crippen LogP) is 2.91. The molecule has 0 aliphatic heterocycles. The quantitative estimate of drug-likeness (QED) is 0.709. The van der Waals surface area contributed by atoms with E-state index >= 15 is 0 Å². The molecule has 1 N–H and O–H groups in total. The average molecular weight is 162 g/mol. The highest BCUT2D eigenvalue weighted by atomic mass is 16.3. The van der Waals surface area contributed by atoms with Gasteiger partial charge in [-0.1, -0.05) is 25.6 Å². The summed E-state index contributed by atoms with van der Waals surface area (Å²) in [6.07, 6.45) is 2.67. The van der Waals surface area contributed by atoms with E-state index in [2.05, 4.69) is 13.5 Å². The van der Waals surface area contributed by atoms with Gasteiger partial charge in [-0.25, -0.2) is 0 Å². The molecule has 1 aromatic carbocycles. The fourth-order valence-electron chi connectivity index (χ4n) is 1.24. The lowest BCUT2D eigenvalue weighted by molar-refractivity contribution is 0.469. The van der Waals surface area contributed by atoms with Crippen LogP contribution < -0.4 is 0 Å². The third kappa shape index (κ3) is 1.50. The molecule has 12 heavy (non-hydrogen) atoms. The maximum absolute atomic E-state index is 9.55. The van der Waals surface area contributed by atoms with Crippen LogP contribution in [0.4, 0.5) is 0 Å². The Kier molecular flexibility index (Phi) is 2.54. The van der Waals surface area contributed by atoms with Crippen molar-refractivity contribution in [3.63, 3.8) is 0 Å². The second kappa shape index (κ2) is 3.44. The molecule has 1 heteroatoms. The number of benzene rings is 1. The van der Waals surface area contributed by atoms with E-state index in [1.54, 1.807) is 6.08 Å². The molecule has 0 aromatic heterocycles. The van der Waals surface area contributed by atoms with Crippen molar-refractivity contribution in [3.8, 4) is 5.75 Å². The predicted molar refractivity (Wildman–Crippen MR) is 52.3 cm³/mol. The van der Waals surface area contributed by atoms with Gasteiger partial charge >= 0.3 is 0 Å². The second-order valence-electron chi connectivity index (χ2n) is 2.91. The first-order valence-electron chi connectivity index (χ1n) is 4.14. The first-order valence-corrected chi connectivity index (χ1v) is 4.14. The third-order valence-electron chi connectivity index (χ3n) is 2.02. The summed E-state index contributed by atoms with van der Waals surface area (Å²) in [6.45, 7) is 7.65. The molecule has 0 saturated heterocycles. The molecule has 0 heterocycles. The van der Waals surface area contributed by atoms with Crippen molar-refractivity contribution in [1.29, 1.82) is 0 Å². The lowest BCUT2D eigenvalue weighted by Crippen LogP contribution is -1.86. The van der Waals surface area contributed by atoms with Gasteiger partial charge in [-0.05, 0) is 30.5 Å². The van der Waals surface area contributed by atoms with Gasteiger partial charge in [0.2, 0.25) is 0 Å². The summed E-state index contributed by atoms with van der Waals surface area (Å²) >= 11 is 0. The first-order chi connectivity index (χ1) is 5.69. The zero-order chi connectivity index (χ0) is 9.14. The fourth-order valence-corrected chi connectivity index (χ4v) is 1.24. The van der Waals surface area contributed by atoms with Crippen molar-refractivity contribution in [2.75, 3.05) is 0 Å². The minimum atomic E-state index is 0.349. The normalized spacial score (nSPS) is 9.83. The second-order valence-corrected chi connectivity index (χ2v) is 2.91. The van der Waals surface area contributed by atoms with Crippen molar-refractivity contribution in [2.24, 2.45) is 0 Å². The van der Waals surface area contributed by atoms with Gasteiger partial charge in [0.1, 0.15) is 5.75 Å². The lowest BCUT2D eigenvalue weighted by atomic mass is 10.0. The Morgan fingerprint density at radius 3 is 2.67 bits per heavy atom. The molecule has 1 nitrogen and oxygen atoms in total. The van der Waals surface area contributed by atoms with Crippen molar-refractivity contribution in [1.82, 2.24) is 0 Å². The van der Waals surface area contributed by atoms with E-state index in [0.29, 0.717) is 5.75 Å². The van der Waals surface area contributed by atoms with Gasteiger partial charge in [0, 0.05) is 5.56 Å². The highest BCUT2D eigenvalue weighted by Gasteiger charge is 2.02. The molecule has 0 radical (unpaired) electrons. The molecule has 1 rings (SSSR count). The topological polar surface area (TPSA) is 20.2 Å². The van der Waals surface area contributed by atoms with Crippen LogP contribution in [0.3, 0.4) is 0 Å². The van der Waals surface area contributed by atoms with Crippen LogP contribution in [0.25, 0.3) is 6.08 Å². The van der Waals surface area contributed by atoms with E-state index in [9.17, 15) is 5.11 Å². The van der Waals surface area contributed by atoms with Gasteiger partial charge in [0.05, 0.1) is 0 Å². The summed E-state index contributed by atoms with van der Waals surface area (Å²) in [5.41, 5.74) is 2.98. The van der Waals surface area contributed by atoms with Crippen LogP contribution >= 0.6 is 0 Å². The lowest BCUT2D eigenvalue weighted by Gasteiger charge is -2.05. The summed E-state index contributed by atoms with van der Waals surface area (Å²) in [5.74, 6) is 0.349. The van der Waals surface area contributed by atoms with Gasteiger partial charge in [-0.15, -0.1) is 0 Å². The zero-order valence-electron chi connectivity index (χ0n) is 7.59. The Hall–Kier alpha value is -1.24. The molecular weight excluding hydrogens is 148 g/mol. The number of hydrogen-bond acceptors (Lipinski definition) is 1. The molecule has 0 spiro atoms. The highest BCUT2D eigenvalue weighted by Crippen LogP contribution is 2.24. The molecule has 0 saturated carbocycles. The zero-order valence-corrected chi connectivity index (χ0v) is 7.59. The van der Waals surface area contributed by atoms with Crippen LogP contribution in [0.5, 0.6) is 5.75 Å². The Labute approximate surface area is 73.4 Å². The summed E-state index contributed by atoms with van der Waals surface area (Å²) in [4.78, 5) is 0. The van der Waals surface area contributed by atoms with Crippen LogP contribution in [-0.2, 0) is 6.42 Å². The monoisotopic (exact) mass is 162 g/mol. The molecule has 0 bridgehead atoms. The van der Waals surface area contributed by atoms with Crippen LogP contribution in [0.15, 0.2) is 18.7 Å². The van der Waals surface area contributed by atoms with E-state index < -0.39 is 0 Å². The average Bonchev–Trinajstić information content (AvgIpc) is 2.09. The summed E-state index contributed by atoms with van der Waals surface area (Å²) in [7, 11) is 0. The largest absolute Gasteiger partial charge is 0.507 e. The number of aromatic hydroxyl groups is 1. The van der Waals surface area contributed by atoms with E-state index in [1.165, 1.54) is 5.56 Å². The van der Waals surface area contributed by atoms with Gasteiger partial charge in [0.15, 0.2) is 0 Å². The van der Waals surface area contributed by atoms with E-state index in [0.717, 1.165) is 17.5 Å². The molecule has 0 atom stereocenters. The number of aryl methyl sites for hydroxylation is 2. The van der Waals surface area contributed by atoms with Gasteiger partial charge in [0.25, 0.3) is 0 Å². The number of rotatable bonds is 2. The number of hydrogen-bond donors (Lipinski definition) is 1. The Morgan fingerprint density at radius 2 is 2.17 bits per heavy atom. The van der Waals surface area contributed by atoms with Gasteiger partial charge in [-0.3, -0.25) is 0 Å². The SMILES string of the molecule is C=Cc1cc(CC)cc(C)c1O. The Balaban J connectivity index is 3.28. The fraction of sp³-hybridized carbons (Fsp3) is 0.273. The van der Waals surface area contributed by atoms with Crippen molar-refractivity contribution in [3.05, 3.63) is 35.4 Å². The molecule has 0 aliphatic rings. The first kappa shape index (κ1) is 8.85. The molecule has 0 unspecified atom stereocenters. The van der Waals surface area contributed by atoms with Crippen LogP contribution in [0.1, 0.15) is 23.6 Å². The molecule has 0 aliphatic carbocycles. The maximum atomic E-state index is 9.55.